The van der Waals surface area contributed by atoms with Gasteiger partial charge in [-0.1, -0.05) is 17.8 Å². The van der Waals surface area contributed by atoms with Crippen LogP contribution >= 0.6 is 23.1 Å². The molecule has 0 radical (unpaired) electrons. The molecule has 2 aromatic rings. The van der Waals surface area contributed by atoms with Gasteiger partial charge in [0.05, 0.1) is 28.3 Å². The van der Waals surface area contributed by atoms with E-state index in [2.05, 4.69) is 4.98 Å². The molecule has 94 valence electrons. The van der Waals surface area contributed by atoms with Gasteiger partial charge in [0.25, 0.3) is 0 Å². The van der Waals surface area contributed by atoms with Crippen LogP contribution in [-0.4, -0.2) is 17.6 Å². The number of hydrogen-bond acceptors (Lipinski definition) is 6. The van der Waals surface area contributed by atoms with Gasteiger partial charge in [-0.15, -0.1) is 11.3 Å². The highest BCUT2D eigenvalue weighted by Crippen LogP contribution is 2.32. The Kier molecular flexibility index (Phi) is 4.22. The number of ether oxygens (including phenoxy) is 1. The SMILES string of the molecule is CCOC(=O)c1cc(N)cnc1Sc1cccs1. The highest BCUT2D eigenvalue weighted by molar-refractivity contribution is 8.01. The van der Waals surface area contributed by atoms with Gasteiger partial charge < -0.3 is 10.5 Å². The Labute approximate surface area is 113 Å². The minimum atomic E-state index is -0.392. The van der Waals surface area contributed by atoms with Gasteiger partial charge in [0.1, 0.15) is 5.03 Å². The fourth-order valence-corrected chi connectivity index (χ4v) is 3.06. The van der Waals surface area contributed by atoms with Crippen LogP contribution in [0.15, 0.2) is 39.0 Å². The van der Waals surface area contributed by atoms with Gasteiger partial charge in [0, 0.05) is 0 Å². The number of pyridine rings is 1. The Morgan fingerprint density at radius 1 is 1.61 bits per heavy atom. The molecule has 0 aliphatic rings. The number of nitrogens with zero attached hydrogens (tertiary/aromatic N) is 1. The molecule has 0 saturated carbocycles. The molecule has 2 N–H and O–H groups in total. The van der Waals surface area contributed by atoms with Crippen molar-refractivity contribution in [2.24, 2.45) is 0 Å². The first-order chi connectivity index (χ1) is 8.70. The van der Waals surface area contributed by atoms with E-state index in [0.717, 1.165) is 4.21 Å². The number of carbonyl (C=O) groups excluding carboxylic acids is 1. The summed E-state index contributed by atoms with van der Waals surface area (Å²) >= 11 is 3.03. The quantitative estimate of drug-likeness (QED) is 0.872. The van der Waals surface area contributed by atoms with Crippen molar-refractivity contribution in [3.63, 3.8) is 0 Å². The van der Waals surface area contributed by atoms with E-state index in [1.807, 2.05) is 17.5 Å². The monoisotopic (exact) mass is 280 g/mol. The van der Waals surface area contributed by atoms with E-state index in [0.29, 0.717) is 22.9 Å². The Morgan fingerprint density at radius 2 is 2.44 bits per heavy atom. The molecule has 0 atom stereocenters. The van der Waals surface area contributed by atoms with Crippen LogP contribution in [0.3, 0.4) is 0 Å². The smallest absolute Gasteiger partial charge is 0.340 e. The van der Waals surface area contributed by atoms with Crippen LogP contribution in [0.25, 0.3) is 0 Å². The van der Waals surface area contributed by atoms with Crippen LogP contribution in [-0.2, 0) is 4.74 Å². The van der Waals surface area contributed by atoms with Crippen LogP contribution < -0.4 is 5.73 Å². The summed E-state index contributed by atoms with van der Waals surface area (Å²) in [6.45, 7) is 2.10. The molecule has 2 heterocycles. The summed E-state index contributed by atoms with van der Waals surface area (Å²) < 4.78 is 6.07. The molecule has 6 heteroatoms. The summed E-state index contributed by atoms with van der Waals surface area (Å²) in [5.41, 5.74) is 6.52. The number of anilines is 1. The van der Waals surface area contributed by atoms with Gasteiger partial charge in [-0.25, -0.2) is 9.78 Å². The fraction of sp³-hybridized carbons (Fsp3) is 0.167. The number of nitrogen functional groups attached to an aromatic ring is 1. The number of nitrogens with two attached hydrogens (primary N) is 1. The summed E-state index contributed by atoms with van der Waals surface area (Å²) in [7, 11) is 0. The van der Waals surface area contributed by atoms with Crippen LogP contribution in [0.1, 0.15) is 17.3 Å². The van der Waals surface area contributed by atoms with Gasteiger partial charge in [0.15, 0.2) is 0 Å². The van der Waals surface area contributed by atoms with E-state index in [9.17, 15) is 4.79 Å². The van der Waals surface area contributed by atoms with Gasteiger partial charge in [-0.05, 0) is 24.4 Å². The molecule has 0 amide bonds. The summed E-state index contributed by atoms with van der Waals surface area (Å²) in [6.07, 6.45) is 1.54. The molecule has 0 unspecified atom stereocenters. The predicted octanol–water partition coefficient (Wildman–Crippen LogP) is 3.05. The summed E-state index contributed by atoms with van der Waals surface area (Å²) in [6, 6.07) is 5.53. The zero-order valence-corrected chi connectivity index (χ0v) is 11.4. The molecule has 0 aliphatic carbocycles. The minimum absolute atomic E-state index is 0.330. The number of hydrogen-bond donors (Lipinski definition) is 1. The van der Waals surface area contributed by atoms with Crippen molar-refractivity contribution in [1.82, 2.24) is 4.98 Å². The number of rotatable bonds is 4. The van der Waals surface area contributed by atoms with Crippen LogP contribution in [0, 0.1) is 0 Å². The summed E-state index contributed by atoms with van der Waals surface area (Å²) in [4.78, 5) is 16.0. The molecule has 0 bridgehead atoms. The van der Waals surface area contributed by atoms with Crippen molar-refractivity contribution < 1.29 is 9.53 Å². The van der Waals surface area contributed by atoms with Crippen molar-refractivity contribution in [3.05, 3.63) is 35.3 Å². The lowest BCUT2D eigenvalue weighted by molar-refractivity contribution is 0.0521. The summed E-state index contributed by atoms with van der Waals surface area (Å²) in [5, 5.41) is 2.59. The topological polar surface area (TPSA) is 65.2 Å². The Bertz CT molecular complexity index is 541. The van der Waals surface area contributed by atoms with Crippen LogP contribution in [0.5, 0.6) is 0 Å². The second kappa shape index (κ2) is 5.88. The highest BCUT2D eigenvalue weighted by atomic mass is 32.2. The summed E-state index contributed by atoms with van der Waals surface area (Å²) in [5.74, 6) is -0.392. The third-order valence-corrected chi connectivity index (χ3v) is 4.12. The molecular formula is C12H12N2O2S2. The third kappa shape index (κ3) is 3.02. The number of thiophene rings is 1. The largest absolute Gasteiger partial charge is 0.462 e. The van der Waals surface area contributed by atoms with Gasteiger partial charge >= 0.3 is 5.97 Å². The van der Waals surface area contributed by atoms with Crippen LogP contribution in [0.2, 0.25) is 0 Å². The van der Waals surface area contributed by atoms with Crippen molar-refractivity contribution in [3.8, 4) is 0 Å². The lowest BCUT2D eigenvalue weighted by Gasteiger charge is -2.07. The van der Waals surface area contributed by atoms with Gasteiger partial charge in [-0.2, -0.15) is 0 Å². The van der Waals surface area contributed by atoms with E-state index in [-0.39, 0.29) is 0 Å². The molecular weight excluding hydrogens is 268 g/mol. The van der Waals surface area contributed by atoms with Gasteiger partial charge in [-0.3, -0.25) is 0 Å². The maximum atomic E-state index is 11.8. The molecule has 0 aliphatic heterocycles. The van der Waals surface area contributed by atoms with Crippen molar-refractivity contribution >= 4 is 34.8 Å². The average Bonchev–Trinajstić information content (AvgIpc) is 2.84. The highest BCUT2D eigenvalue weighted by Gasteiger charge is 2.15. The molecule has 0 spiro atoms. The fourth-order valence-electron chi connectivity index (χ4n) is 1.32. The maximum absolute atomic E-state index is 11.8. The minimum Gasteiger partial charge on any atom is -0.462 e. The Morgan fingerprint density at radius 3 is 3.11 bits per heavy atom. The molecule has 2 rings (SSSR count). The molecule has 0 saturated heterocycles. The maximum Gasteiger partial charge on any atom is 0.340 e. The number of esters is 1. The molecule has 4 nitrogen and oxygen atoms in total. The van der Waals surface area contributed by atoms with Gasteiger partial charge in [0.2, 0.25) is 0 Å². The van der Waals surface area contributed by atoms with E-state index in [4.69, 9.17) is 10.5 Å². The van der Waals surface area contributed by atoms with Crippen molar-refractivity contribution in [2.75, 3.05) is 12.3 Å². The van der Waals surface area contributed by atoms with E-state index < -0.39 is 5.97 Å². The third-order valence-electron chi connectivity index (χ3n) is 2.06. The molecule has 0 fully saturated rings. The second-order valence-electron chi connectivity index (χ2n) is 3.38. The number of aromatic nitrogens is 1. The lowest BCUT2D eigenvalue weighted by atomic mass is 10.3. The van der Waals surface area contributed by atoms with Crippen molar-refractivity contribution in [1.29, 1.82) is 0 Å². The predicted molar refractivity (Wildman–Crippen MR) is 73.0 cm³/mol. The second-order valence-corrected chi connectivity index (χ2v) is 5.61. The van der Waals surface area contributed by atoms with E-state index in [1.54, 1.807) is 30.5 Å². The van der Waals surface area contributed by atoms with Crippen LogP contribution in [0.4, 0.5) is 5.69 Å². The van der Waals surface area contributed by atoms with E-state index in [1.165, 1.54) is 11.8 Å². The molecule has 0 aromatic carbocycles. The van der Waals surface area contributed by atoms with E-state index >= 15 is 0 Å². The number of carbonyl (C=O) groups is 1. The Balaban J connectivity index is 2.31. The Hall–Kier alpha value is -1.53. The average molecular weight is 280 g/mol. The molecule has 2 aromatic heterocycles. The molecule has 18 heavy (non-hydrogen) atoms. The zero-order chi connectivity index (χ0) is 13.0. The first-order valence-corrected chi connectivity index (χ1v) is 7.04. The first kappa shape index (κ1) is 12.9. The lowest BCUT2D eigenvalue weighted by Crippen LogP contribution is -2.08. The zero-order valence-electron chi connectivity index (χ0n) is 9.75. The normalized spacial score (nSPS) is 10.3. The standard InChI is InChI=1S/C12H12N2O2S2/c1-2-16-12(15)9-6-8(13)7-14-11(9)18-10-4-3-5-17-10/h3-7H,2,13H2,1H3. The first-order valence-electron chi connectivity index (χ1n) is 5.34. The van der Waals surface area contributed by atoms with Crippen molar-refractivity contribution in [2.45, 2.75) is 16.2 Å².